The molecule has 23 heavy (non-hydrogen) atoms. The lowest BCUT2D eigenvalue weighted by Crippen LogP contribution is -2.41. The highest BCUT2D eigenvalue weighted by Gasteiger charge is 2.18. The normalized spacial score (nSPS) is 11.3. The highest BCUT2D eigenvalue weighted by Crippen LogP contribution is 2.10. The minimum absolute atomic E-state index is 0.0140. The summed E-state index contributed by atoms with van der Waals surface area (Å²) in [7, 11) is 0. The SMILES string of the molecule is C=CCCC(NC(=O)CCNC(=O)c1ccc(Br)cc1)C(=O)O. The molecule has 1 atom stereocenters. The molecule has 0 fully saturated rings. The van der Waals surface area contributed by atoms with Crippen LogP contribution >= 0.6 is 15.9 Å². The second-order valence-corrected chi connectivity index (χ2v) is 5.75. The molecule has 0 aromatic heterocycles. The van der Waals surface area contributed by atoms with E-state index >= 15 is 0 Å². The number of hydrogen-bond acceptors (Lipinski definition) is 3. The maximum Gasteiger partial charge on any atom is 0.326 e. The van der Waals surface area contributed by atoms with Crippen LogP contribution in [0.25, 0.3) is 0 Å². The highest BCUT2D eigenvalue weighted by molar-refractivity contribution is 9.10. The largest absolute Gasteiger partial charge is 0.480 e. The fourth-order valence-corrected chi connectivity index (χ4v) is 2.07. The zero-order chi connectivity index (χ0) is 17.2. The Labute approximate surface area is 143 Å². The summed E-state index contributed by atoms with van der Waals surface area (Å²) in [5.74, 6) is -1.79. The second kappa shape index (κ2) is 9.78. The van der Waals surface area contributed by atoms with Gasteiger partial charge in [0.1, 0.15) is 6.04 Å². The van der Waals surface area contributed by atoms with Gasteiger partial charge in [-0.05, 0) is 37.1 Å². The van der Waals surface area contributed by atoms with Gasteiger partial charge >= 0.3 is 5.97 Å². The number of carbonyl (C=O) groups is 3. The maximum absolute atomic E-state index is 11.8. The lowest BCUT2D eigenvalue weighted by atomic mass is 10.1. The van der Waals surface area contributed by atoms with E-state index in [0.717, 1.165) is 4.47 Å². The Morgan fingerprint density at radius 2 is 1.91 bits per heavy atom. The molecule has 0 aliphatic rings. The summed E-state index contributed by atoms with van der Waals surface area (Å²) in [6.45, 7) is 3.65. The molecule has 1 aromatic rings. The van der Waals surface area contributed by atoms with Crippen molar-refractivity contribution < 1.29 is 19.5 Å². The standard InChI is InChI=1S/C16H19BrN2O4/c1-2-3-4-13(16(22)23)19-14(20)9-10-18-15(21)11-5-7-12(17)8-6-11/h2,5-8,13H,1,3-4,9-10H2,(H,18,21)(H,19,20)(H,22,23). The van der Waals surface area contributed by atoms with Crippen LogP contribution in [-0.4, -0.2) is 35.5 Å². The Morgan fingerprint density at radius 3 is 2.48 bits per heavy atom. The lowest BCUT2D eigenvalue weighted by molar-refractivity contribution is -0.142. The third-order valence-electron chi connectivity index (χ3n) is 3.04. The Morgan fingerprint density at radius 1 is 1.26 bits per heavy atom. The molecule has 0 radical (unpaired) electrons. The van der Waals surface area contributed by atoms with E-state index in [1.807, 2.05) is 0 Å². The molecule has 3 N–H and O–H groups in total. The number of carboxylic acids is 1. The smallest absolute Gasteiger partial charge is 0.326 e. The molecule has 0 heterocycles. The number of aliphatic carboxylic acids is 1. The molecule has 124 valence electrons. The summed E-state index contributed by atoms with van der Waals surface area (Å²) >= 11 is 3.28. The summed E-state index contributed by atoms with van der Waals surface area (Å²) in [6, 6.07) is 5.88. The summed E-state index contributed by atoms with van der Waals surface area (Å²) < 4.78 is 0.868. The van der Waals surface area contributed by atoms with Crippen LogP contribution in [0.5, 0.6) is 0 Å². The lowest BCUT2D eigenvalue weighted by Gasteiger charge is -2.13. The fraction of sp³-hybridized carbons (Fsp3) is 0.312. The van der Waals surface area contributed by atoms with Gasteiger partial charge in [-0.25, -0.2) is 4.79 Å². The van der Waals surface area contributed by atoms with Gasteiger partial charge in [-0.15, -0.1) is 6.58 Å². The van der Waals surface area contributed by atoms with Crippen LogP contribution < -0.4 is 10.6 Å². The molecule has 1 unspecified atom stereocenters. The number of carbonyl (C=O) groups excluding carboxylic acids is 2. The van der Waals surface area contributed by atoms with Crippen molar-refractivity contribution >= 4 is 33.7 Å². The van der Waals surface area contributed by atoms with E-state index in [-0.39, 0.29) is 25.3 Å². The molecule has 6 nitrogen and oxygen atoms in total. The Bertz CT molecular complexity index is 572. The van der Waals surface area contributed by atoms with Gasteiger partial charge < -0.3 is 15.7 Å². The molecule has 0 spiro atoms. The third kappa shape index (κ3) is 7.10. The number of amides is 2. The second-order valence-electron chi connectivity index (χ2n) is 4.84. The predicted molar refractivity (Wildman–Crippen MR) is 90.1 cm³/mol. The number of nitrogens with one attached hydrogen (secondary N) is 2. The van der Waals surface area contributed by atoms with E-state index in [2.05, 4.69) is 33.1 Å². The van der Waals surface area contributed by atoms with E-state index in [4.69, 9.17) is 5.11 Å². The highest BCUT2D eigenvalue weighted by atomic mass is 79.9. The van der Waals surface area contributed by atoms with Gasteiger partial charge in [0.25, 0.3) is 5.91 Å². The van der Waals surface area contributed by atoms with Gasteiger partial charge in [0.05, 0.1) is 0 Å². The van der Waals surface area contributed by atoms with Gasteiger partial charge in [-0.3, -0.25) is 9.59 Å². The van der Waals surface area contributed by atoms with Crippen molar-refractivity contribution in [3.8, 4) is 0 Å². The van der Waals surface area contributed by atoms with Crippen molar-refractivity contribution in [2.75, 3.05) is 6.54 Å². The van der Waals surface area contributed by atoms with Crippen LogP contribution in [0.4, 0.5) is 0 Å². The number of benzene rings is 1. The zero-order valence-corrected chi connectivity index (χ0v) is 14.1. The van der Waals surface area contributed by atoms with Crippen molar-refractivity contribution in [2.45, 2.75) is 25.3 Å². The van der Waals surface area contributed by atoms with Crippen molar-refractivity contribution in [1.29, 1.82) is 0 Å². The van der Waals surface area contributed by atoms with E-state index in [1.165, 1.54) is 0 Å². The molecule has 0 aliphatic carbocycles. The van der Waals surface area contributed by atoms with Gasteiger partial charge in [-0.1, -0.05) is 22.0 Å². The number of carboxylic acid groups (broad SMARTS) is 1. The molecule has 7 heteroatoms. The van der Waals surface area contributed by atoms with E-state index < -0.39 is 17.9 Å². The van der Waals surface area contributed by atoms with E-state index in [9.17, 15) is 14.4 Å². The van der Waals surface area contributed by atoms with Crippen molar-refractivity contribution in [2.24, 2.45) is 0 Å². The van der Waals surface area contributed by atoms with Crippen molar-refractivity contribution in [1.82, 2.24) is 10.6 Å². The minimum atomic E-state index is -1.08. The molecular weight excluding hydrogens is 364 g/mol. The minimum Gasteiger partial charge on any atom is -0.480 e. The van der Waals surface area contributed by atoms with Gasteiger partial charge in [0.2, 0.25) is 5.91 Å². The number of rotatable bonds is 9. The van der Waals surface area contributed by atoms with E-state index in [1.54, 1.807) is 30.3 Å². The van der Waals surface area contributed by atoms with Crippen LogP contribution in [0.15, 0.2) is 41.4 Å². The van der Waals surface area contributed by atoms with Crippen molar-refractivity contribution in [3.63, 3.8) is 0 Å². The van der Waals surface area contributed by atoms with Crippen LogP contribution in [0.3, 0.4) is 0 Å². The molecule has 0 saturated carbocycles. The fourth-order valence-electron chi connectivity index (χ4n) is 1.80. The molecular formula is C16H19BrN2O4. The average Bonchev–Trinajstić information content (AvgIpc) is 2.51. The Kier molecular flexibility index (Phi) is 8.04. The Balaban J connectivity index is 2.37. The van der Waals surface area contributed by atoms with Crippen LogP contribution in [0, 0.1) is 0 Å². The maximum atomic E-state index is 11.8. The summed E-state index contributed by atoms with van der Waals surface area (Å²) in [5, 5.41) is 14.1. The summed E-state index contributed by atoms with van der Waals surface area (Å²) in [5.41, 5.74) is 0.489. The van der Waals surface area contributed by atoms with Crippen LogP contribution in [0.2, 0.25) is 0 Å². The van der Waals surface area contributed by atoms with Gasteiger partial charge in [0, 0.05) is 23.0 Å². The molecule has 1 rings (SSSR count). The van der Waals surface area contributed by atoms with Gasteiger partial charge in [0.15, 0.2) is 0 Å². The van der Waals surface area contributed by atoms with Crippen LogP contribution in [0.1, 0.15) is 29.6 Å². The first-order valence-electron chi connectivity index (χ1n) is 7.11. The number of hydrogen-bond donors (Lipinski definition) is 3. The first-order chi connectivity index (χ1) is 10.9. The van der Waals surface area contributed by atoms with Crippen molar-refractivity contribution in [3.05, 3.63) is 47.0 Å². The first kappa shape index (κ1) is 18.9. The summed E-state index contributed by atoms with van der Waals surface area (Å²) in [6.07, 6.45) is 2.40. The molecule has 0 saturated heterocycles. The third-order valence-corrected chi connectivity index (χ3v) is 3.57. The molecule has 1 aromatic carbocycles. The average molecular weight is 383 g/mol. The van der Waals surface area contributed by atoms with Gasteiger partial charge in [-0.2, -0.15) is 0 Å². The predicted octanol–water partition coefficient (Wildman–Crippen LogP) is 2.10. The zero-order valence-electron chi connectivity index (χ0n) is 12.5. The summed E-state index contributed by atoms with van der Waals surface area (Å²) in [4.78, 5) is 34.6. The monoisotopic (exact) mass is 382 g/mol. The molecule has 2 amide bonds. The van der Waals surface area contributed by atoms with E-state index in [0.29, 0.717) is 12.0 Å². The molecule has 0 aliphatic heterocycles. The Hall–Kier alpha value is -2.15. The topological polar surface area (TPSA) is 95.5 Å². The quantitative estimate of drug-likeness (QED) is 0.569. The number of halogens is 1. The number of allylic oxidation sites excluding steroid dienone is 1. The molecule has 0 bridgehead atoms. The van der Waals surface area contributed by atoms with Crippen LogP contribution in [-0.2, 0) is 9.59 Å². The first-order valence-corrected chi connectivity index (χ1v) is 7.90.